The molecule has 0 unspecified atom stereocenters. The van der Waals surface area contributed by atoms with E-state index in [0.29, 0.717) is 18.3 Å². The lowest BCUT2D eigenvalue weighted by atomic mass is 10.3. The van der Waals surface area contributed by atoms with Crippen molar-refractivity contribution in [2.45, 2.75) is 20.0 Å². The topological polar surface area (TPSA) is 42.5 Å². The Morgan fingerprint density at radius 2 is 1.94 bits per heavy atom. The molecule has 0 saturated carbocycles. The summed E-state index contributed by atoms with van der Waals surface area (Å²) in [6.07, 6.45) is 0.181. The van der Waals surface area contributed by atoms with Crippen molar-refractivity contribution in [3.63, 3.8) is 0 Å². The number of ether oxygens (including phenoxy) is 2. The molecule has 1 aromatic carbocycles. The summed E-state index contributed by atoms with van der Waals surface area (Å²) in [6, 6.07) is 7.70. The van der Waals surface area contributed by atoms with Gasteiger partial charge in [0.2, 0.25) is 0 Å². The van der Waals surface area contributed by atoms with Crippen molar-refractivity contribution in [2.75, 3.05) is 25.6 Å². The molecule has 0 spiro atoms. The fraction of sp³-hybridized carbons (Fsp3) is 0.462. The Balaban J connectivity index is 2.40. The number of methoxy groups -OCH3 is 1. The zero-order valence-corrected chi connectivity index (χ0v) is 11.8. The second-order valence-electron chi connectivity index (χ2n) is 4.06. The van der Waals surface area contributed by atoms with Crippen LogP contribution < -0.4 is 15.4 Å². The molecule has 0 heterocycles. The third kappa shape index (κ3) is 5.84. The molecule has 1 rings (SSSR count). The van der Waals surface area contributed by atoms with Crippen LogP contribution in [0.15, 0.2) is 24.3 Å². The first-order chi connectivity index (χ1) is 8.61. The molecule has 0 saturated heterocycles. The lowest BCUT2D eigenvalue weighted by Gasteiger charge is -2.12. The van der Waals surface area contributed by atoms with Crippen LogP contribution >= 0.6 is 12.2 Å². The van der Waals surface area contributed by atoms with Crippen molar-refractivity contribution >= 4 is 23.0 Å². The summed E-state index contributed by atoms with van der Waals surface area (Å²) in [6.45, 7) is 5.32. The van der Waals surface area contributed by atoms with Gasteiger partial charge in [0, 0.05) is 19.3 Å². The summed E-state index contributed by atoms with van der Waals surface area (Å²) in [7, 11) is 1.66. The van der Waals surface area contributed by atoms with Crippen LogP contribution in [-0.4, -0.2) is 31.5 Å². The van der Waals surface area contributed by atoms with E-state index in [9.17, 15) is 0 Å². The van der Waals surface area contributed by atoms with Crippen molar-refractivity contribution in [2.24, 2.45) is 0 Å². The van der Waals surface area contributed by atoms with Crippen molar-refractivity contribution in [1.82, 2.24) is 5.32 Å². The minimum atomic E-state index is 0.181. The smallest absolute Gasteiger partial charge is 0.170 e. The predicted molar refractivity (Wildman–Crippen MR) is 78.3 cm³/mol. The lowest BCUT2D eigenvalue weighted by molar-refractivity contribution is 0.204. The van der Waals surface area contributed by atoms with E-state index in [2.05, 4.69) is 10.6 Å². The first kappa shape index (κ1) is 14.7. The minimum Gasteiger partial charge on any atom is -0.491 e. The third-order valence-electron chi connectivity index (χ3n) is 2.08. The molecule has 1 aromatic rings. The molecular formula is C13H20N2O2S. The maximum absolute atomic E-state index is 5.56. The molecule has 0 amide bonds. The molecule has 0 atom stereocenters. The van der Waals surface area contributed by atoms with Crippen LogP contribution in [0.1, 0.15) is 13.8 Å². The zero-order valence-electron chi connectivity index (χ0n) is 11.0. The standard InChI is InChI=1S/C13H20N2O2S/c1-10(2)17-12-6-4-11(5-7-12)15-13(18)14-8-9-16-3/h4-7,10H,8-9H2,1-3H3,(H2,14,15,18). The van der Waals surface area contributed by atoms with Gasteiger partial charge in [0.25, 0.3) is 0 Å². The summed E-state index contributed by atoms with van der Waals surface area (Å²) in [5.41, 5.74) is 0.932. The predicted octanol–water partition coefficient (Wildman–Crippen LogP) is 2.41. The summed E-state index contributed by atoms with van der Waals surface area (Å²) in [5.74, 6) is 0.855. The molecule has 0 aliphatic heterocycles. The largest absolute Gasteiger partial charge is 0.491 e. The fourth-order valence-electron chi connectivity index (χ4n) is 1.33. The van der Waals surface area contributed by atoms with E-state index < -0.39 is 0 Å². The maximum atomic E-state index is 5.56. The van der Waals surface area contributed by atoms with E-state index in [1.54, 1.807) is 7.11 Å². The average molecular weight is 268 g/mol. The van der Waals surface area contributed by atoms with E-state index in [0.717, 1.165) is 11.4 Å². The summed E-state index contributed by atoms with van der Waals surface area (Å²) >= 11 is 5.14. The second-order valence-corrected chi connectivity index (χ2v) is 4.47. The summed E-state index contributed by atoms with van der Waals surface area (Å²) in [5, 5.41) is 6.72. The molecule has 0 aromatic heterocycles. The molecule has 0 bridgehead atoms. The highest BCUT2D eigenvalue weighted by atomic mass is 32.1. The van der Waals surface area contributed by atoms with Gasteiger partial charge >= 0.3 is 0 Å². The van der Waals surface area contributed by atoms with Gasteiger partial charge in [-0.25, -0.2) is 0 Å². The van der Waals surface area contributed by atoms with E-state index >= 15 is 0 Å². The number of hydrogen-bond donors (Lipinski definition) is 2. The summed E-state index contributed by atoms with van der Waals surface area (Å²) < 4.78 is 10.5. The Morgan fingerprint density at radius 1 is 1.28 bits per heavy atom. The van der Waals surface area contributed by atoms with Crippen LogP contribution in [0.25, 0.3) is 0 Å². The Hall–Kier alpha value is -1.33. The van der Waals surface area contributed by atoms with Gasteiger partial charge in [-0.15, -0.1) is 0 Å². The quantitative estimate of drug-likeness (QED) is 0.612. The molecular weight excluding hydrogens is 248 g/mol. The summed E-state index contributed by atoms with van der Waals surface area (Å²) in [4.78, 5) is 0. The van der Waals surface area contributed by atoms with Gasteiger partial charge in [0.1, 0.15) is 5.75 Å². The van der Waals surface area contributed by atoms with Crippen LogP contribution in [0.4, 0.5) is 5.69 Å². The zero-order chi connectivity index (χ0) is 13.4. The van der Waals surface area contributed by atoms with Gasteiger partial charge in [0.05, 0.1) is 12.7 Å². The lowest BCUT2D eigenvalue weighted by Crippen LogP contribution is -2.31. The van der Waals surface area contributed by atoms with Gasteiger partial charge in [-0.2, -0.15) is 0 Å². The SMILES string of the molecule is COCCNC(=S)Nc1ccc(OC(C)C)cc1. The van der Waals surface area contributed by atoms with Crippen LogP contribution in [0.3, 0.4) is 0 Å². The molecule has 0 radical (unpaired) electrons. The van der Waals surface area contributed by atoms with E-state index in [4.69, 9.17) is 21.7 Å². The Kier molecular flexibility index (Phi) is 6.46. The number of rotatable bonds is 6. The number of benzene rings is 1. The van der Waals surface area contributed by atoms with E-state index in [1.807, 2.05) is 38.1 Å². The highest BCUT2D eigenvalue weighted by molar-refractivity contribution is 7.80. The fourth-order valence-corrected chi connectivity index (χ4v) is 1.55. The van der Waals surface area contributed by atoms with Gasteiger partial charge in [-0.1, -0.05) is 0 Å². The highest BCUT2D eigenvalue weighted by Crippen LogP contribution is 2.16. The van der Waals surface area contributed by atoms with E-state index in [1.165, 1.54) is 0 Å². The Labute approximate surface area is 114 Å². The van der Waals surface area contributed by atoms with Crippen LogP contribution in [-0.2, 0) is 4.74 Å². The Bertz CT molecular complexity index is 366. The van der Waals surface area contributed by atoms with E-state index in [-0.39, 0.29) is 6.10 Å². The third-order valence-corrected chi connectivity index (χ3v) is 2.32. The van der Waals surface area contributed by atoms with Gasteiger partial charge in [-0.05, 0) is 50.3 Å². The monoisotopic (exact) mass is 268 g/mol. The molecule has 0 aliphatic rings. The number of nitrogens with one attached hydrogen (secondary N) is 2. The number of thiocarbonyl (C=S) groups is 1. The van der Waals surface area contributed by atoms with Crippen LogP contribution in [0.5, 0.6) is 5.75 Å². The van der Waals surface area contributed by atoms with Crippen LogP contribution in [0.2, 0.25) is 0 Å². The normalized spacial score (nSPS) is 10.2. The molecule has 2 N–H and O–H groups in total. The van der Waals surface area contributed by atoms with Gasteiger partial charge in [0.15, 0.2) is 5.11 Å². The first-order valence-electron chi connectivity index (χ1n) is 5.92. The molecule has 4 nitrogen and oxygen atoms in total. The Morgan fingerprint density at radius 3 is 2.50 bits per heavy atom. The van der Waals surface area contributed by atoms with Crippen molar-refractivity contribution in [3.8, 4) is 5.75 Å². The van der Waals surface area contributed by atoms with Crippen molar-refractivity contribution in [1.29, 1.82) is 0 Å². The molecule has 18 heavy (non-hydrogen) atoms. The first-order valence-corrected chi connectivity index (χ1v) is 6.33. The average Bonchev–Trinajstić information content (AvgIpc) is 2.31. The molecule has 5 heteroatoms. The minimum absolute atomic E-state index is 0.181. The second kappa shape index (κ2) is 7.89. The number of hydrogen-bond acceptors (Lipinski definition) is 3. The van der Waals surface area contributed by atoms with Gasteiger partial charge < -0.3 is 20.1 Å². The number of anilines is 1. The van der Waals surface area contributed by atoms with Crippen LogP contribution in [0, 0.1) is 0 Å². The van der Waals surface area contributed by atoms with Gasteiger partial charge in [-0.3, -0.25) is 0 Å². The highest BCUT2D eigenvalue weighted by Gasteiger charge is 1.99. The maximum Gasteiger partial charge on any atom is 0.170 e. The molecule has 0 aliphatic carbocycles. The van der Waals surface area contributed by atoms with Crippen molar-refractivity contribution < 1.29 is 9.47 Å². The molecule has 100 valence electrons. The molecule has 0 fully saturated rings. The van der Waals surface area contributed by atoms with Crippen molar-refractivity contribution in [3.05, 3.63) is 24.3 Å².